The van der Waals surface area contributed by atoms with Crippen LogP contribution in [0.4, 0.5) is 28.2 Å². The highest BCUT2D eigenvalue weighted by Gasteiger charge is 2.49. The molecular weight excluding hydrogens is 1410 g/mol. The van der Waals surface area contributed by atoms with Crippen molar-refractivity contribution in [3.8, 4) is 45.3 Å². The summed E-state index contributed by atoms with van der Waals surface area (Å²) in [5.74, 6) is -4.47. The lowest BCUT2D eigenvalue weighted by Gasteiger charge is -2.36. The summed E-state index contributed by atoms with van der Waals surface area (Å²) < 4.78 is 90.8. The number of benzene rings is 8. The molecule has 3 N–H and O–H groups in total. The molecular formula is C86H85F4N11O9. The first-order valence-electron chi connectivity index (χ1n) is 37.6. The van der Waals surface area contributed by atoms with Crippen molar-refractivity contribution in [3.05, 3.63) is 238 Å². The summed E-state index contributed by atoms with van der Waals surface area (Å²) in [4.78, 5) is 59.1. The third-order valence-electron chi connectivity index (χ3n) is 22.0. The normalized spacial score (nSPS) is 18.7. The Morgan fingerprint density at radius 2 is 1.35 bits per heavy atom. The van der Waals surface area contributed by atoms with E-state index >= 15 is 4.39 Å². The molecule has 16 rings (SSSR count). The van der Waals surface area contributed by atoms with Gasteiger partial charge in [-0.15, -0.1) is 5.10 Å². The number of β-amino-alcohol motifs (C(OH)–C–C–N with tert-alkyl or cyclic N) is 1. The number of rotatable bonds is 21. The van der Waals surface area contributed by atoms with Crippen LogP contribution in [0.3, 0.4) is 0 Å². The van der Waals surface area contributed by atoms with E-state index in [-0.39, 0.29) is 61.3 Å². The molecule has 1 saturated carbocycles. The van der Waals surface area contributed by atoms with Gasteiger partial charge in [0.2, 0.25) is 11.8 Å². The highest BCUT2D eigenvalue weighted by molar-refractivity contribution is 6.06. The smallest absolute Gasteiger partial charge is 0.410 e. The SMILES string of the molecule is Cc1c(F)cc2nn(C(c3ccccc3)(c3ccccc3)c3ccccc3)cc2c1-c1c(C2CC2)cc2c(N3C[C@@H]4C[C@H]3CN4C(=O)OC(C)(C)C)nc(OC3CCOCC3)nc2c1OCc1ccc(-c2cn([C@H](C(=O)N3C[C@H](O)C[C@H]3C(=O)N[C@@H](CO)c3ccc(-c4c(F)ccc(F)c4F)cc3)C(C)C)nn2)cc1. The number of aliphatic hydroxyl groups excluding tert-OH is 2. The molecule has 24 heteroatoms. The van der Waals surface area contributed by atoms with E-state index in [1.54, 1.807) is 6.20 Å². The number of hydrogen-bond donors (Lipinski definition) is 3. The minimum absolute atomic E-state index is 0.00144. The van der Waals surface area contributed by atoms with E-state index in [1.807, 2.05) is 136 Å². The molecule has 0 spiro atoms. The van der Waals surface area contributed by atoms with Gasteiger partial charge in [-0.25, -0.2) is 27.0 Å². The van der Waals surface area contributed by atoms with E-state index in [4.69, 9.17) is 34.0 Å². The van der Waals surface area contributed by atoms with Gasteiger partial charge in [-0.3, -0.25) is 14.3 Å². The third-order valence-corrected chi connectivity index (χ3v) is 22.0. The lowest BCUT2D eigenvalue weighted by Crippen LogP contribution is -2.50. The van der Waals surface area contributed by atoms with Gasteiger partial charge in [0.05, 0.1) is 61.3 Å². The zero-order valence-corrected chi connectivity index (χ0v) is 61.9. The molecule has 566 valence electrons. The lowest BCUT2D eigenvalue weighted by molar-refractivity contribution is -0.142. The first kappa shape index (κ1) is 73.1. The lowest BCUT2D eigenvalue weighted by atomic mass is 9.77. The van der Waals surface area contributed by atoms with Gasteiger partial charge < -0.3 is 49.2 Å². The van der Waals surface area contributed by atoms with Gasteiger partial charge in [-0.05, 0) is 121 Å². The summed E-state index contributed by atoms with van der Waals surface area (Å²) in [6.07, 6.45) is 5.58. The average Bonchev–Trinajstić information content (AvgIpc) is 1.48. The fraction of sp³-hybridized carbons (Fsp3) is 0.349. The summed E-state index contributed by atoms with van der Waals surface area (Å²) in [6.45, 7) is 12.2. The van der Waals surface area contributed by atoms with Gasteiger partial charge in [-0.1, -0.05) is 159 Å². The number of aromatic nitrogens is 7. The van der Waals surface area contributed by atoms with Crippen molar-refractivity contribution in [2.24, 2.45) is 5.92 Å². The number of nitrogens with zero attached hydrogens (tertiary/aromatic N) is 10. The predicted molar refractivity (Wildman–Crippen MR) is 406 cm³/mol. The fourth-order valence-corrected chi connectivity index (χ4v) is 16.5. The van der Waals surface area contributed by atoms with Crippen LogP contribution in [0, 0.1) is 36.1 Å². The molecule has 3 aromatic heterocycles. The molecule has 8 aromatic carbocycles. The van der Waals surface area contributed by atoms with Crippen LogP contribution in [0.25, 0.3) is 55.3 Å². The van der Waals surface area contributed by atoms with Gasteiger partial charge in [0.1, 0.15) is 64.6 Å². The summed E-state index contributed by atoms with van der Waals surface area (Å²) in [5, 5.41) is 40.3. The van der Waals surface area contributed by atoms with Crippen LogP contribution in [0.15, 0.2) is 176 Å². The molecule has 0 radical (unpaired) electrons. The number of carbonyl (C=O) groups excluding carboxylic acids is 3. The number of piperazine rings is 1. The average molecular weight is 1490 g/mol. The van der Waals surface area contributed by atoms with E-state index in [0.717, 1.165) is 46.7 Å². The number of hydrogen-bond acceptors (Lipinski definition) is 15. The largest absolute Gasteiger partial charge is 0.486 e. The maximum Gasteiger partial charge on any atom is 0.410 e. The van der Waals surface area contributed by atoms with Crippen molar-refractivity contribution in [2.45, 2.75) is 146 Å². The molecule has 3 amide bonds. The van der Waals surface area contributed by atoms with Gasteiger partial charge in [0, 0.05) is 78.6 Å². The highest BCUT2D eigenvalue weighted by Crippen LogP contribution is 2.55. The molecule has 5 aliphatic rings. The first-order valence-corrected chi connectivity index (χ1v) is 37.6. The Bertz CT molecular complexity index is 5170. The van der Waals surface area contributed by atoms with Gasteiger partial charge in [0.25, 0.3) is 0 Å². The quantitative estimate of drug-likeness (QED) is 0.0346. The minimum atomic E-state index is -1.36. The summed E-state index contributed by atoms with van der Waals surface area (Å²) in [5.41, 5.74) is 6.24. The van der Waals surface area contributed by atoms with Crippen LogP contribution in [0.1, 0.15) is 130 Å². The third kappa shape index (κ3) is 13.8. The number of anilines is 1. The van der Waals surface area contributed by atoms with Crippen molar-refractivity contribution in [2.75, 3.05) is 44.4 Å². The second kappa shape index (κ2) is 29.7. The van der Waals surface area contributed by atoms with Crippen molar-refractivity contribution in [1.29, 1.82) is 0 Å². The number of carbonyl (C=O) groups is 3. The molecule has 2 bridgehead atoms. The minimum Gasteiger partial charge on any atom is -0.486 e. The predicted octanol–water partition coefficient (Wildman–Crippen LogP) is 14.5. The Morgan fingerprint density at radius 1 is 0.691 bits per heavy atom. The Morgan fingerprint density at radius 3 is 1.96 bits per heavy atom. The van der Waals surface area contributed by atoms with Gasteiger partial charge in [-0.2, -0.15) is 15.1 Å². The summed E-state index contributed by atoms with van der Waals surface area (Å²) >= 11 is 0. The summed E-state index contributed by atoms with van der Waals surface area (Å²) in [6, 6.07) is 45.8. The van der Waals surface area contributed by atoms with Crippen molar-refractivity contribution < 1.29 is 61.1 Å². The number of likely N-dealkylation sites (tertiary alicyclic amines) is 2. The molecule has 11 aromatic rings. The zero-order valence-electron chi connectivity index (χ0n) is 61.9. The monoisotopic (exact) mass is 1490 g/mol. The van der Waals surface area contributed by atoms with Crippen LogP contribution >= 0.6 is 0 Å². The van der Waals surface area contributed by atoms with Crippen LogP contribution in [-0.4, -0.2) is 148 Å². The van der Waals surface area contributed by atoms with E-state index in [2.05, 4.69) is 63.0 Å². The van der Waals surface area contributed by atoms with Crippen molar-refractivity contribution in [3.63, 3.8) is 0 Å². The molecule has 1 aliphatic carbocycles. The van der Waals surface area contributed by atoms with E-state index in [0.29, 0.717) is 119 Å². The van der Waals surface area contributed by atoms with Crippen molar-refractivity contribution in [1.82, 2.24) is 49.9 Å². The van der Waals surface area contributed by atoms with E-state index < -0.39 is 88.5 Å². The number of aliphatic hydroxyl groups is 2. The van der Waals surface area contributed by atoms with E-state index in [9.17, 15) is 37.8 Å². The molecule has 4 saturated heterocycles. The van der Waals surface area contributed by atoms with Crippen LogP contribution < -0.4 is 19.7 Å². The maximum atomic E-state index is 17.7. The second-order valence-corrected chi connectivity index (χ2v) is 30.8. The summed E-state index contributed by atoms with van der Waals surface area (Å²) in [7, 11) is 0. The zero-order chi connectivity index (χ0) is 76.4. The van der Waals surface area contributed by atoms with Gasteiger partial charge >= 0.3 is 12.1 Å². The number of halogens is 4. The fourth-order valence-electron chi connectivity index (χ4n) is 16.5. The topological polar surface area (TPSA) is 225 Å². The Hall–Kier alpha value is -11.1. The van der Waals surface area contributed by atoms with Crippen molar-refractivity contribution >= 4 is 45.5 Å². The molecule has 7 heterocycles. The van der Waals surface area contributed by atoms with E-state index in [1.165, 1.54) is 39.9 Å². The molecule has 6 atom stereocenters. The van der Waals surface area contributed by atoms with Crippen LogP contribution in [0.5, 0.6) is 11.8 Å². The highest BCUT2D eigenvalue weighted by atomic mass is 19.2. The first-order chi connectivity index (χ1) is 53.1. The van der Waals surface area contributed by atoms with Gasteiger partial charge in [0.15, 0.2) is 17.4 Å². The molecule has 4 aliphatic heterocycles. The number of fused-ring (bicyclic) bond motifs is 4. The standard InChI is InChI=1S/C86H85F4N11O9/c1-49(2)78(82(105)99-44-61(103)39-72(99)81(104)91-71(47-102)54-28-30-55(31-29-54)74-66(87)32-33-67(88)76(74)90)100-46-70(94-96-100)53-24-22-51(23-25-53)48-108-79-75(73-50(3)68(89)41-69-65(73)45-101(95-69)86(56-16-10-7-11-17-56,57-18-12-8-13-19-57)58-20-14-9-15-21-58)63(52-26-27-52)40-64-77(79)92-83(109-62-34-36-107-37-35-62)93-80(64)97-42-60-38-59(97)43-98(60)84(106)110-85(4,5)6/h7-25,28-33,40-41,45-46,49,52,59-62,71-72,78,102-103H,26-27,34-39,42-44,47-48H2,1-6H3,(H,91,104)/t59-,60-,61+,71-,72-,78-/m0/s1. The van der Waals surface area contributed by atoms with Crippen LogP contribution in [-0.2, 0) is 31.2 Å². The number of amides is 3. The Kier molecular flexibility index (Phi) is 19.7. The van der Waals surface area contributed by atoms with Crippen LogP contribution in [0.2, 0.25) is 0 Å². The Labute approximate surface area is 633 Å². The molecule has 5 fully saturated rings. The number of nitrogens with one attached hydrogen (secondary N) is 1. The second-order valence-electron chi connectivity index (χ2n) is 30.8. The molecule has 0 unspecified atom stereocenters. The molecule has 110 heavy (non-hydrogen) atoms. The molecule has 20 nitrogen and oxygen atoms in total. The number of ether oxygens (including phenoxy) is 4. The maximum absolute atomic E-state index is 17.7. The Balaban J connectivity index is 0.759.